The molecule has 0 saturated carbocycles. The third-order valence-electron chi connectivity index (χ3n) is 4.77. The lowest BCUT2D eigenvalue weighted by Gasteiger charge is -2.23. The highest BCUT2D eigenvalue weighted by molar-refractivity contribution is 5.25. The molecular weight excluding hydrogens is 256 g/mol. The van der Waals surface area contributed by atoms with Crippen LogP contribution >= 0.6 is 0 Å². The highest BCUT2D eigenvalue weighted by Crippen LogP contribution is 2.23. The van der Waals surface area contributed by atoms with E-state index in [0.29, 0.717) is 6.04 Å². The van der Waals surface area contributed by atoms with Gasteiger partial charge >= 0.3 is 0 Å². The van der Waals surface area contributed by atoms with Gasteiger partial charge in [-0.25, -0.2) is 0 Å². The molecule has 0 bridgehead atoms. The predicted molar refractivity (Wildman–Crippen MR) is 91.7 cm³/mol. The Balaban J connectivity index is 1.90. The molecule has 2 unspecified atom stereocenters. The number of nitrogens with zero attached hydrogens (tertiary/aromatic N) is 1. The standard InChI is InChI=1S/C19H32N2/c1-4-11-20-19(18-8-6-7-16(3)14-18)10-13-21-12-9-17(5-2)15-21/h6-8,14,17,19-20H,4-5,9-13,15H2,1-3H3. The van der Waals surface area contributed by atoms with Crippen molar-refractivity contribution < 1.29 is 0 Å². The first kappa shape index (κ1) is 16.5. The maximum absolute atomic E-state index is 3.74. The SMILES string of the molecule is CCCNC(CCN1CCC(CC)C1)c1cccc(C)c1. The third-order valence-corrected chi connectivity index (χ3v) is 4.77. The quantitative estimate of drug-likeness (QED) is 0.773. The molecule has 118 valence electrons. The van der Waals surface area contributed by atoms with Crippen molar-refractivity contribution in [3.63, 3.8) is 0 Å². The summed E-state index contributed by atoms with van der Waals surface area (Å²) in [5.41, 5.74) is 2.82. The molecule has 2 rings (SSSR count). The van der Waals surface area contributed by atoms with E-state index in [4.69, 9.17) is 0 Å². The van der Waals surface area contributed by atoms with Crippen LogP contribution in [0.3, 0.4) is 0 Å². The van der Waals surface area contributed by atoms with Crippen molar-refractivity contribution in [3.05, 3.63) is 35.4 Å². The largest absolute Gasteiger partial charge is 0.310 e. The molecule has 0 aromatic heterocycles. The number of rotatable bonds is 8. The second-order valence-electron chi connectivity index (χ2n) is 6.57. The summed E-state index contributed by atoms with van der Waals surface area (Å²) < 4.78 is 0. The number of aryl methyl sites for hydroxylation is 1. The zero-order valence-electron chi connectivity index (χ0n) is 14.1. The fourth-order valence-electron chi connectivity index (χ4n) is 3.35. The van der Waals surface area contributed by atoms with E-state index in [1.807, 2.05) is 0 Å². The van der Waals surface area contributed by atoms with E-state index in [-0.39, 0.29) is 0 Å². The Kier molecular flexibility index (Phi) is 6.72. The van der Waals surface area contributed by atoms with Crippen molar-refractivity contribution in [1.82, 2.24) is 10.2 Å². The summed E-state index contributed by atoms with van der Waals surface area (Å²) in [7, 11) is 0. The second kappa shape index (κ2) is 8.55. The van der Waals surface area contributed by atoms with Crippen molar-refractivity contribution in [3.8, 4) is 0 Å². The van der Waals surface area contributed by atoms with Crippen molar-refractivity contribution >= 4 is 0 Å². The highest BCUT2D eigenvalue weighted by atomic mass is 15.1. The normalized spacial score (nSPS) is 20.8. The maximum atomic E-state index is 3.74. The molecule has 1 aliphatic rings. The number of nitrogens with one attached hydrogen (secondary N) is 1. The molecule has 1 fully saturated rings. The van der Waals surface area contributed by atoms with Crippen LogP contribution in [0.25, 0.3) is 0 Å². The lowest BCUT2D eigenvalue weighted by atomic mass is 10.0. The van der Waals surface area contributed by atoms with Crippen LogP contribution in [0.5, 0.6) is 0 Å². The van der Waals surface area contributed by atoms with Crippen LogP contribution in [0.4, 0.5) is 0 Å². The van der Waals surface area contributed by atoms with Gasteiger partial charge in [0.25, 0.3) is 0 Å². The van der Waals surface area contributed by atoms with Gasteiger partial charge in [-0.15, -0.1) is 0 Å². The summed E-state index contributed by atoms with van der Waals surface area (Å²) in [5, 5.41) is 3.74. The molecule has 0 amide bonds. The van der Waals surface area contributed by atoms with E-state index in [1.54, 1.807) is 0 Å². The van der Waals surface area contributed by atoms with Crippen molar-refractivity contribution in [2.75, 3.05) is 26.2 Å². The molecule has 2 heteroatoms. The summed E-state index contributed by atoms with van der Waals surface area (Å²) in [6, 6.07) is 9.50. The van der Waals surface area contributed by atoms with Gasteiger partial charge in [-0.05, 0) is 57.3 Å². The molecule has 1 aliphatic heterocycles. The first-order valence-electron chi connectivity index (χ1n) is 8.75. The fraction of sp³-hybridized carbons (Fsp3) is 0.684. The van der Waals surface area contributed by atoms with E-state index in [0.717, 1.165) is 12.5 Å². The molecular formula is C19H32N2. The van der Waals surface area contributed by atoms with Crippen LogP contribution in [0.15, 0.2) is 24.3 Å². The molecule has 21 heavy (non-hydrogen) atoms. The Bertz CT molecular complexity index is 416. The Morgan fingerprint density at radius 3 is 2.86 bits per heavy atom. The highest BCUT2D eigenvalue weighted by Gasteiger charge is 2.21. The Morgan fingerprint density at radius 2 is 2.19 bits per heavy atom. The van der Waals surface area contributed by atoms with Gasteiger partial charge in [-0.2, -0.15) is 0 Å². The second-order valence-corrected chi connectivity index (χ2v) is 6.57. The minimum atomic E-state index is 0.505. The van der Waals surface area contributed by atoms with Gasteiger partial charge in [0.1, 0.15) is 0 Å². The van der Waals surface area contributed by atoms with Crippen molar-refractivity contribution in [2.24, 2.45) is 5.92 Å². The summed E-state index contributed by atoms with van der Waals surface area (Å²) >= 11 is 0. The minimum Gasteiger partial charge on any atom is -0.310 e. The number of likely N-dealkylation sites (tertiary alicyclic amines) is 1. The molecule has 0 aliphatic carbocycles. The first-order chi connectivity index (χ1) is 10.2. The zero-order valence-corrected chi connectivity index (χ0v) is 14.1. The smallest absolute Gasteiger partial charge is 0.0332 e. The fourth-order valence-corrected chi connectivity index (χ4v) is 3.35. The van der Waals surface area contributed by atoms with Crippen LogP contribution in [-0.2, 0) is 0 Å². The summed E-state index contributed by atoms with van der Waals surface area (Å²) in [6.07, 6.45) is 5.16. The Labute approximate surface area is 130 Å². The van der Waals surface area contributed by atoms with Gasteiger partial charge in [0.05, 0.1) is 0 Å². The summed E-state index contributed by atoms with van der Waals surface area (Å²) in [5.74, 6) is 0.936. The van der Waals surface area contributed by atoms with E-state index >= 15 is 0 Å². The number of benzene rings is 1. The van der Waals surface area contributed by atoms with Crippen LogP contribution in [0.2, 0.25) is 0 Å². The topological polar surface area (TPSA) is 15.3 Å². The minimum absolute atomic E-state index is 0.505. The van der Waals surface area contributed by atoms with Crippen molar-refractivity contribution in [1.29, 1.82) is 0 Å². The molecule has 1 saturated heterocycles. The number of hydrogen-bond donors (Lipinski definition) is 1. The molecule has 0 spiro atoms. The summed E-state index contributed by atoms with van der Waals surface area (Å²) in [6.45, 7) is 11.7. The van der Waals surface area contributed by atoms with Crippen molar-refractivity contribution in [2.45, 2.75) is 52.5 Å². The molecule has 1 aromatic rings. The molecule has 2 nitrogen and oxygen atoms in total. The molecule has 1 heterocycles. The molecule has 1 N–H and O–H groups in total. The van der Waals surface area contributed by atoms with Gasteiger partial charge in [-0.1, -0.05) is 50.1 Å². The maximum Gasteiger partial charge on any atom is 0.0332 e. The predicted octanol–water partition coefficient (Wildman–Crippen LogP) is 4.16. The first-order valence-corrected chi connectivity index (χ1v) is 8.75. The monoisotopic (exact) mass is 288 g/mol. The van der Waals surface area contributed by atoms with E-state index in [2.05, 4.69) is 55.3 Å². The zero-order chi connectivity index (χ0) is 15.1. The Morgan fingerprint density at radius 1 is 1.33 bits per heavy atom. The lowest BCUT2D eigenvalue weighted by molar-refractivity contribution is 0.298. The van der Waals surface area contributed by atoms with E-state index in [1.165, 1.54) is 56.4 Å². The van der Waals surface area contributed by atoms with Gasteiger partial charge < -0.3 is 10.2 Å². The Hall–Kier alpha value is -0.860. The van der Waals surface area contributed by atoms with Crippen LogP contribution in [0, 0.1) is 12.8 Å². The lowest BCUT2D eigenvalue weighted by Crippen LogP contribution is -2.29. The van der Waals surface area contributed by atoms with E-state index in [9.17, 15) is 0 Å². The van der Waals surface area contributed by atoms with Crippen LogP contribution < -0.4 is 5.32 Å². The van der Waals surface area contributed by atoms with Gasteiger partial charge in [-0.3, -0.25) is 0 Å². The third kappa shape index (κ3) is 5.12. The van der Waals surface area contributed by atoms with Gasteiger partial charge in [0, 0.05) is 12.6 Å². The molecule has 0 radical (unpaired) electrons. The molecule has 1 aromatic carbocycles. The summed E-state index contributed by atoms with van der Waals surface area (Å²) in [4.78, 5) is 2.66. The van der Waals surface area contributed by atoms with Gasteiger partial charge in [0.15, 0.2) is 0 Å². The average Bonchev–Trinajstić information content (AvgIpc) is 2.95. The van der Waals surface area contributed by atoms with Crippen LogP contribution in [-0.4, -0.2) is 31.1 Å². The number of hydrogen-bond acceptors (Lipinski definition) is 2. The molecule has 2 atom stereocenters. The van der Waals surface area contributed by atoms with E-state index < -0.39 is 0 Å². The average molecular weight is 288 g/mol. The van der Waals surface area contributed by atoms with Crippen LogP contribution in [0.1, 0.15) is 56.7 Å². The van der Waals surface area contributed by atoms with Gasteiger partial charge in [0.2, 0.25) is 0 Å².